The summed E-state index contributed by atoms with van der Waals surface area (Å²) in [6, 6.07) is 8.32. The molecule has 0 unspecified atom stereocenters. The van der Waals surface area contributed by atoms with E-state index < -0.39 is 10.0 Å². The van der Waals surface area contributed by atoms with Gasteiger partial charge in [-0.25, -0.2) is 18.4 Å². The summed E-state index contributed by atoms with van der Waals surface area (Å²) in [7, 11) is -3.52. The summed E-state index contributed by atoms with van der Waals surface area (Å²) < 4.78 is 26.8. The van der Waals surface area contributed by atoms with Crippen molar-refractivity contribution in [2.75, 3.05) is 4.72 Å². The number of rotatable bonds is 4. The molecule has 0 bridgehead atoms. The number of imidazole rings is 1. The number of sulfonamides is 1. The number of aromatic amines is 1. The Morgan fingerprint density at radius 1 is 1.19 bits per heavy atom. The Kier molecular flexibility index (Phi) is 3.52. The number of hydrogen-bond acceptors (Lipinski definition) is 4. The molecule has 3 aromatic rings. The smallest absolute Gasteiger partial charge is 0.236 e. The average Bonchev–Trinajstić information content (AvgIpc) is 2.88. The second-order valence-corrected chi connectivity index (χ2v) is 6.64. The minimum atomic E-state index is -3.52. The lowest BCUT2D eigenvalue weighted by Crippen LogP contribution is -2.15. The van der Waals surface area contributed by atoms with Crippen LogP contribution in [0.1, 0.15) is 5.56 Å². The summed E-state index contributed by atoms with van der Waals surface area (Å²) in [6.07, 6.45) is 2.94. The molecule has 108 valence electrons. The van der Waals surface area contributed by atoms with E-state index in [-0.39, 0.29) is 5.75 Å². The summed E-state index contributed by atoms with van der Waals surface area (Å²) in [6.45, 7) is 0. The number of fused-ring (bicyclic) bond motifs is 1. The largest absolute Gasteiger partial charge is 0.343 e. The van der Waals surface area contributed by atoms with Crippen LogP contribution in [-0.4, -0.2) is 23.4 Å². The van der Waals surface area contributed by atoms with Crippen LogP contribution in [0.25, 0.3) is 11.2 Å². The molecule has 21 heavy (non-hydrogen) atoms. The molecule has 2 N–H and O–H groups in total. The maximum atomic E-state index is 12.1. The topological polar surface area (TPSA) is 87.7 Å². The third-order valence-corrected chi connectivity index (χ3v) is 4.33. The monoisotopic (exact) mass is 322 g/mol. The van der Waals surface area contributed by atoms with Crippen LogP contribution >= 0.6 is 11.6 Å². The van der Waals surface area contributed by atoms with Gasteiger partial charge in [-0.05, 0) is 23.8 Å². The molecule has 0 spiro atoms. The van der Waals surface area contributed by atoms with E-state index in [1.807, 2.05) is 0 Å². The number of hydrogen-bond donors (Lipinski definition) is 2. The second kappa shape index (κ2) is 5.34. The summed E-state index contributed by atoms with van der Waals surface area (Å²) in [5.41, 5.74) is 2.25. The lowest BCUT2D eigenvalue weighted by atomic mass is 10.2. The molecular weight excluding hydrogens is 312 g/mol. The fourth-order valence-corrected chi connectivity index (χ4v) is 3.20. The molecule has 0 atom stereocenters. The quantitative estimate of drug-likeness (QED) is 0.772. The second-order valence-electron chi connectivity index (χ2n) is 4.49. The van der Waals surface area contributed by atoms with Crippen LogP contribution in [0.4, 0.5) is 5.69 Å². The van der Waals surface area contributed by atoms with E-state index in [0.29, 0.717) is 27.4 Å². The van der Waals surface area contributed by atoms with E-state index in [4.69, 9.17) is 11.6 Å². The molecule has 0 aliphatic carbocycles. The highest BCUT2D eigenvalue weighted by Gasteiger charge is 2.12. The van der Waals surface area contributed by atoms with Gasteiger partial charge >= 0.3 is 0 Å². The van der Waals surface area contributed by atoms with Crippen molar-refractivity contribution in [1.29, 1.82) is 0 Å². The van der Waals surface area contributed by atoms with Gasteiger partial charge in [-0.1, -0.05) is 23.7 Å². The summed E-state index contributed by atoms with van der Waals surface area (Å²) in [5.74, 6) is -0.134. The van der Waals surface area contributed by atoms with Gasteiger partial charge in [-0.3, -0.25) is 4.72 Å². The number of nitrogens with one attached hydrogen (secondary N) is 2. The van der Waals surface area contributed by atoms with Gasteiger partial charge in [-0.15, -0.1) is 0 Å². The fourth-order valence-electron chi connectivity index (χ4n) is 1.90. The van der Waals surface area contributed by atoms with Crippen LogP contribution in [0.5, 0.6) is 0 Å². The molecule has 3 rings (SSSR count). The van der Waals surface area contributed by atoms with Crippen molar-refractivity contribution < 1.29 is 8.42 Å². The number of benzene rings is 1. The molecular formula is C13H11ClN4O2S. The molecule has 0 aliphatic heterocycles. The molecule has 0 amide bonds. The van der Waals surface area contributed by atoms with Crippen molar-refractivity contribution in [2.24, 2.45) is 0 Å². The van der Waals surface area contributed by atoms with Crippen molar-refractivity contribution in [2.45, 2.75) is 5.75 Å². The van der Waals surface area contributed by atoms with Crippen LogP contribution < -0.4 is 4.72 Å². The zero-order chi connectivity index (χ0) is 14.9. The van der Waals surface area contributed by atoms with E-state index in [2.05, 4.69) is 19.7 Å². The zero-order valence-electron chi connectivity index (χ0n) is 10.7. The van der Waals surface area contributed by atoms with Crippen LogP contribution in [0.3, 0.4) is 0 Å². The van der Waals surface area contributed by atoms with Crippen molar-refractivity contribution in [3.63, 3.8) is 0 Å². The SMILES string of the molecule is O=S(=O)(Cc1ccc(Cl)cc1)Nc1cnc2nc[nH]c2c1. The van der Waals surface area contributed by atoms with Gasteiger partial charge in [0.05, 0.1) is 29.5 Å². The van der Waals surface area contributed by atoms with Gasteiger partial charge in [0.15, 0.2) is 5.65 Å². The maximum absolute atomic E-state index is 12.1. The van der Waals surface area contributed by atoms with Gasteiger partial charge in [0.2, 0.25) is 10.0 Å². The summed E-state index contributed by atoms with van der Waals surface area (Å²) in [5, 5.41) is 0.568. The van der Waals surface area contributed by atoms with Crippen LogP contribution in [-0.2, 0) is 15.8 Å². The average molecular weight is 323 g/mol. The molecule has 2 aromatic heterocycles. The predicted octanol–water partition coefficient (Wildman–Crippen LogP) is 2.55. The van der Waals surface area contributed by atoms with Gasteiger partial charge < -0.3 is 4.98 Å². The van der Waals surface area contributed by atoms with E-state index in [1.165, 1.54) is 12.5 Å². The van der Waals surface area contributed by atoms with Gasteiger partial charge in [0.1, 0.15) is 0 Å². The Hall–Kier alpha value is -2.12. The fraction of sp³-hybridized carbons (Fsp3) is 0.0769. The number of pyridine rings is 1. The van der Waals surface area contributed by atoms with Gasteiger partial charge in [0.25, 0.3) is 0 Å². The van der Waals surface area contributed by atoms with Gasteiger partial charge in [0, 0.05) is 5.02 Å². The molecule has 2 heterocycles. The molecule has 6 nitrogen and oxygen atoms in total. The van der Waals surface area contributed by atoms with E-state index >= 15 is 0 Å². The zero-order valence-corrected chi connectivity index (χ0v) is 12.3. The van der Waals surface area contributed by atoms with Crippen molar-refractivity contribution in [3.05, 3.63) is 53.4 Å². The molecule has 8 heteroatoms. The Morgan fingerprint density at radius 3 is 2.71 bits per heavy atom. The lowest BCUT2D eigenvalue weighted by Gasteiger charge is -2.07. The lowest BCUT2D eigenvalue weighted by molar-refractivity contribution is 0.600. The highest BCUT2D eigenvalue weighted by molar-refractivity contribution is 7.91. The third kappa shape index (κ3) is 3.32. The number of anilines is 1. The number of halogens is 1. The van der Waals surface area contributed by atoms with E-state index in [1.54, 1.807) is 30.3 Å². The molecule has 0 aliphatic rings. The maximum Gasteiger partial charge on any atom is 0.236 e. The summed E-state index contributed by atoms with van der Waals surface area (Å²) in [4.78, 5) is 10.9. The first kappa shape index (κ1) is 13.8. The highest BCUT2D eigenvalue weighted by atomic mass is 35.5. The van der Waals surface area contributed by atoms with Crippen molar-refractivity contribution >= 4 is 38.5 Å². The van der Waals surface area contributed by atoms with E-state index in [0.717, 1.165) is 0 Å². The van der Waals surface area contributed by atoms with E-state index in [9.17, 15) is 8.42 Å². The first-order chi connectivity index (χ1) is 10.0. The Balaban J connectivity index is 1.80. The van der Waals surface area contributed by atoms with Gasteiger partial charge in [-0.2, -0.15) is 0 Å². The number of aromatic nitrogens is 3. The standard InChI is InChI=1S/C13H11ClN4O2S/c14-10-3-1-9(2-4-10)7-21(19,20)18-11-5-12-13(15-6-11)17-8-16-12/h1-6,8,18H,7H2,(H,15,16,17). The molecule has 0 saturated carbocycles. The van der Waals surface area contributed by atoms with Crippen molar-refractivity contribution in [3.8, 4) is 0 Å². The number of H-pyrrole nitrogens is 1. The van der Waals surface area contributed by atoms with Crippen LogP contribution in [0.2, 0.25) is 5.02 Å². The third-order valence-electron chi connectivity index (χ3n) is 2.82. The number of nitrogens with zero attached hydrogens (tertiary/aromatic N) is 2. The predicted molar refractivity (Wildman–Crippen MR) is 81.6 cm³/mol. The normalized spacial score (nSPS) is 11.7. The minimum Gasteiger partial charge on any atom is -0.343 e. The van der Waals surface area contributed by atoms with Crippen LogP contribution in [0.15, 0.2) is 42.9 Å². The highest BCUT2D eigenvalue weighted by Crippen LogP contribution is 2.17. The molecule has 1 aromatic carbocycles. The summed E-state index contributed by atoms with van der Waals surface area (Å²) >= 11 is 5.77. The minimum absolute atomic E-state index is 0.134. The first-order valence-corrected chi connectivity index (χ1v) is 8.09. The molecule has 0 saturated heterocycles. The Labute approximate surface area is 126 Å². The Morgan fingerprint density at radius 2 is 1.95 bits per heavy atom. The van der Waals surface area contributed by atoms with Crippen LogP contribution in [0, 0.1) is 0 Å². The Bertz CT molecular complexity index is 875. The first-order valence-electron chi connectivity index (χ1n) is 6.06. The molecule has 0 radical (unpaired) electrons. The molecule has 0 fully saturated rings. The van der Waals surface area contributed by atoms with Crippen molar-refractivity contribution in [1.82, 2.24) is 15.0 Å².